The molecular formula is C16H17N3O3. The minimum atomic E-state index is -0.0858. The summed E-state index contributed by atoms with van der Waals surface area (Å²) in [7, 11) is 0. The van der Waals surface area contributed by atoms with E-state index in [1.807, 2.05) is 18.2 Å². The summed E-state index contributed by atoms with van der Waals surface area (Å²) in [6.45, 7) is 1.96. The molecule has 1 N–H and O–H groups in total. The first-order valence-corrected chi connectivity index (χ1v) is 7.58. The number of carbonyl (C=O) groups excluding carboxylic acids is 1. The Balaban J connectivity index is 1.59. The van der Waals surface area contributed by atoms with Crippen molar-refractivity contribution in [3.05, 3.63) is 29.7 Å². The minimum Gasteiger partial charge on any atom is -0.491 e. The highest BCUT2D eigenvalue weighted by Crippen LogP contribution is 2.38. The fourth-order valence-corrected chi connectivity index (χ4v) is 2.89. The number of rotatable bonds is 3. The third-order valence-corrected chi connectivity index (χ3v) is 4.33. The van der Waals surface area contributed by atoms with Crippen LogP contribution in [0, 0.1) is 0 Å². The number of benzene rings is 1. The second-order valence-electron chi connectivity index (χ2n) is 5.90. The van der Waals surface area contributed by atoms with Crippen LogP contribution in [0.25, 0.3) is 11.4 Å². The lowest BCUT2D eigenvalue weighted by atomic mass is 9.85. The number of aromatic nitrogens is 2. The molecule has 1 aliphatic heterocycles. The maximum Gasteiger partial charge on any atom is 0.230 e. The van der Waals surface area contributed by atoms with Gasteiger partial charge in [0.25, 0.3) is 0 Å². The van der Waals surface area contributed by atoms with Crippen molar-refractivity contribution in [2.24, 2.45) is 0 Å². The zero-order valence-electron chi connectivity index (χ0n) is 12.3. The van der Waals surface area contributed by atoms with E-state index in [-0.39, 0.29) is 11.9 Å². The van der Waals surface area contributed by atoms with Crippen LogP contribution in [0.1, 0.15) is 49.6 Å². The SMILES string of the molecule is CC(=O)N[C@@H]1COc2cc(-c3noc(C4CCC4)n3)ccc21. The predicted octanol–water partition coefficient (Wildman–Crippen LogP) is 2.57. The minimum absolute atomic E-state index is 0.0613. The Morgan fingerprint density at radius 1 is 1.36 bits per heavy atom. The van der Waals surface area contributed by atoms with Crippen molar-refractivity contribution in [2.45, 2.75) is 38.1 Å². The van der Waals surface area contributed by atoms with E-state index in [0.717, 1.165) is 35.6 Å². The van der Waals surface area contributed by atoms with Gasteiger partial charge in [-0.15, -0.1) is 0 Å². The van der Waals surface area contributed by atoms with Crippen molar-refractivity contribution in [3.63, 3.8) is 0 Å². The molecule has 1 fully saturated rings. The lowest BCUT2D eigenvalue weighted by molar-refractivity contribution is -0.119. The lowest BCUT2D eigenvalue weighted by Gasteiger charge is -2.20. The summed E-state index contributed by atoms with van der Waals surface area (Å²) >= 11 is 0. The molecule has 0 radical (unpaired) electrons. The van der Waals surface area contributed by atoms with Crippen LogP contribution in [0.2, 0.25) is 0 Å². The molecule has 1 aliphatic carbocycles. The van der Waals surface area contributed by atoms with E-state index in [1.165, 1.54) is 13.3 Å². The molecule has 4 rings (SSSR count). The van der Waals surface area contributed by atoms with Crippen LogP contribution in [-0.2, 0) is 4.79 Å². The molecule has 2 aromatic rings. The highest BCUT2D eigenvalue weighted by molar-refractivity contribution is 5.74. The first-order valence-electron chi connectivity index (χ1n) is 7.58. The number of nitrogens with one attached hydrogen (secondary N) is 1. The van der Waals surface area contributed by atoms with Crippen LogP contribution in [0.5, 0.6) is 5.75 Å². The van der Waals surface area contributed by atoms with Crippen LogP contribution in [0.15, 0.2) is 22.7 Å². The molecule has 6 heteroatoms. The van der Waals surface area contributed by atoms with Crippen LogP contribution >= 0.6 is 0 Å². The first kappa shape index (κ1) is 13.3. The fourth-order valence-electron chi connectivity index (χ4n) is 2.89. The van der Waals surface area contributed by atoms with Gasteiger partial charge < -0.3 is 14.6 Å². The molecule has 2 aliphatic rings. The van der Waals surface area contributed by atoms with Gasteiger partial charge in [-0.25, -0.2) is 0 Å². The molecule has 1 atom stereocenters. The van der Waals surface area contributed by atoms with Gasteiger partial charge in [0.15, 0.2) is 0 Å². The van der Waals surface area contributed by atoms with Gasteiger partial charge in [0.2, 0.25) is 17.6 Å². The molecule has 0 bridgehead atoms. The van der Waals surface area contributed by atoms with E-state index < -0.39 is 0 Å². The van der Waals surface area contributed by atoms with Crippen molar-refractivity contribution in [1.29, 1.82) is 0 Å². The van der Waals surface area contributed by atoms with Gasteiger partial charge in [-0.2, -0.15) is 4.98 Å². The number of fused-ring (bicyclic) bond motifs is 1. The zero-order chi connectivity index (χ0) is 15.1. The average Bonchev–Trinajstić information content (AvgIpc) is 3.04. The number of hydrogen-bond donors (Lipinski definition) is 1. The number of nitrogens with zero attached hydrogens (tertiary/aromatic N) is 2. The Morgan fingerprint density at radius 3 is 2.95 bits per heavy atom. The highest BCUT2D eigenvalue weighted by atomic mass is 16.5. The Bertz CT molecular complexity index is 721. The Labute approximate surface area is 127 Å². The van der Waals surface area contributed by atoms with E-state index in [9.17, 15) is 4.79 Å². The number of amides is 1. The van der Waals surface area contributed by atoms with Gasteiger partial charge >= 0.3 is 0 Å². The second-order valence-corrected chi connectivity index (χ2v) is 5.90. The normalized spacial score (nSPS) is 20.1. The number of carbonyl (C=O) groups is 1. The van der Waals surface area contributed by atoms with Gasteiger partial charge in [-0.05, 0) is 18.9 Å². The van der Waals surface area contributed by atoms with Crippen molar-refractivity contribution in [1.82, 2.24) is 15.5 Å². The summed E-state index contributed by atoms with van der Waals surface area (Å²) in [6.07, 6.45) is 3.50. The summed E-state index contributed by atoms with van der Waals surface area (Å²) in [4.78, 5) is 15.7. The third-order valence-electron chi connectivity index (χ3n) is 4.33. The topological polar surface area (TPSA) is 77.2 Å². The third kappa shape index (κ3) is 2.24. The molecule has 0 saturated heterocycles. The van der Waals surface area contributed by atoms with E-state index in [4.69, 9.17) is 9.26 Å². The summed E-state index contributed by atoms with van der Waals surface area (Å²) in [6, 6.07) is 5.72. The standard InChI is InChI=1S/C16H17N3O3/c1-9(20)17-13-8-21-14-7-11(5-6-12(13)14)15-18-16(22-19-15)10-3-2-4-10/h5-7,10,13H,2-4,8H2,1H3,(H,17,20)/t13-/m1/s1. The maximum atomic E-state index is 11.2. The van der Waals surface area contributed by atoms with Crippen LogP contribution in [-0.4, -0.2) is 22.7 Å². The largest absolute Gasteiger partial charge is 0.491 e. The lowest BCUT2D eigenvalue weighted by Crippen LogP contribution is -2.26. The molecule has 22 heavy (non-hydrogen) atoms. The molecule has 1 aromatic carbocycles. The maximum absolute atomic E-state index is 11.2. The Morgan fingerprint density at radius 2 is 2.23 bits per heavy atom. The zero-order valence-corrected chi connectivity index (χ0v) is 12.3. The van der Waals surface area contributed by atoms with Gasteiger partial charge in [0.1, 0.15) is 12.4 Å². The highest BCUT2D eigenvalue weighted by Gasteiger charge is 2.27. The summed E-state index contributed by atoms with van der Waals surface area (Å²) in [5.74, 6) is 2.46. The summed E-state index contributed by atoms with van der Waals surface area (Å²) in [5.41, 5.74) is 1.86. The molecule has 6 nitrogen and oxygen atoms in total. The number of hydrogen-bond acceptors (Lipinski definition) is 5. The summed E-state index contributed by atoms with van der Waals surface area (Å²) in [5, 5.41) is 6.95. The van der Waals surface area contributed by atoms with Crippen LogP contribution < -0.4 is 10.1 Å². The smallest absolute Gasteiger partial charge is 0.230 e. The predicted molar refractivity (Wildman–Crippen MR) is 78.4 cm³/mol. The Kier molecular flexibility index (Phi) is 3.10. The fraction of sp³-hybridized carbons (Fsp3) is 0.438. The second kappa shape index (κ2) is 5.12. The van der Waals surface area contributed by atoms with Gasteiger partial charge in [0.05, 0.1) is 6.04 Å². The molecule has 1 saturated carbocycles. The van der Waals surface area contributed by atoms with Crippen LogP contribution in [0.4, 0.5) is 0 Å². The van der Waals surface area contributed by atoms with E-state index >= 15 is 0 Å². The van der Waals surface area contributed by atoms with Crippen molar-refractivity contribution >= 4 is 5.91 Å². The van der Waals surface area contributed by atoms with Gasteiger partial charge in [0, 0.05) is 24.0 Å². The van der Waals surface area contributed by atoms with Gasteiger partial charge in [-0.3, -0.25) is 4.79 Å². The molecule has 0 unspecified atom stereocenters. The van der Waals surface area contributed by atoms with Crippen LogP contribution in [0.3, 0.4) is 0 Å². The first-order chi connectivity index (χ1) is 10.7. The quantitative estimate of drug-likeness (QED) is 0.942. The van der Waals surface area contributed by atoms with E-state index in [2.05, 4.69) is 15.5 Å². The van der Waals surface area contributed by atoms with Crippen molar-refractivity contribution in [2.75, 3.05) is 6.61 Å². The van der Waals surface area contributed by atoms with Crippen molar-refractivity contribution < 1.29 is 14.1 Å². The van der Waals surface area contributed by atoms with Gasteiger partial charge in [-0.1, -0.05) is 23.7 Å². The number of ether oxygens (including phenoxy) is 1. The van der Waals surface area contributed by atoms with E-state index in [1.54, 1.807) is 0 Å². The summed E-state index contributed by atoms with van der Waals surface area (Å²) < 4.78 is 11.0. The molecule has 0 spiro atoms. The monoisotopic (exact) mass is 299 g/mol. The molecular weight excluding hydrogens is 282 g/mol. The van der Waals surface area contributed by atoms with Crippen molar-refractivity contribution in [3.8, 4) is 17.1 Å². The molecule has 114 valence electrons. The molecule has 2 heterocycles. The molecule has 1 aromatic heterocycles. The Hall–Kier alpha value is -2.37. The van der Waals surface area contributed by atoms with E-state index in [0.29, 0.717) is 18.3 Å². The molecule has 1 amide bonds. The average molecular weight is 299 g/mol.